The van der Waals surface area contributed by atoms with Crippen LogP contribution in [0.3, 0.4) is 0 Å². The van der Waals surface area contributed by atoms with Gasteiger partial charge in [-0.25, -0.2) is 35.5 Å². The van der Waals surface area contributed by atoms with Crippen LogP contribution in [0.15, 0.2) is 154 Å². The van der Waals surface area contributed by atoms with Crippen LogP contribution in [-0.2, 0) is 30.1 Å². The molecule has 0 amide bonds. The summed E-state index contributed by atoms with van der Waals surface area (Å²) >= 11 is 0. The molecule has 0 aliphatic carbocycles. The van der Waals surface area contributed by atoms with Crippen LogP contribution < -0.4 is 15.0 Å². The zero-order valence-electron chi connectivity index (χ0n) is 27.1. The number of primary sulfonamides is 2. The Morgan fingerprint density at radius 1 is 0.449 bits per heavy atom. The van der Waals surface area contributed by atoms with E-state index >= 15 is 0 Å². The van der Waals surface area contributed by atoms with E-state index in [0.29, 0.717) is 21.5 Å². The molecular weight excluding hydrogens is 679 g/mol. The highest BCUT2D eigenvalue weighted by Gasteiger charge is 2.17. The van der Waals surface area contributed by atoms with E-state index in [1.807, 2.05) is 85.8 Å². The molecule has 6 rings (SSSR count). The first kappa shape index (κ1) is 37.0. The van der Waals surface area contributed by atoms with Gasteiger partial charge in [-0.05, 0) is 78.2 Å². The van der Waals surface area contributed by atoms with Crippen molar-refractivity contribution in [2.45, 2.75) is 35.5 Å². The van der Waals surface area contributed by atoms with E-state index in [1.54, 1.807) is 68.4 Å². The van der Waals surface area contributed by atoms with Crippen molar-refractivity contribution in [2.24, 2.45) is 10.3 Å². The lowest BCUT2D eigenvalue weighted by Crippen LogP contribution is -2.14. The van der Waals surface area contributed by atoms with E-state index in [2.05, 4.69) is 4.72 Å². The summed E-state index contributed by atoms with van der Waals surface area (Å²) in [7, 11) is -10.8. The number of rotatable bonds is 6. The lowest BCUT2D eigenvalue weighted by atomic mass is 10.0. The zero-order valence-corrected chi connectivity index (χ0v) is 29.6. The van der Waals surface area contributed by atoms with Gasteiger partial charge in [0, 0.05) is 5.39 Å². The monoisotopic (exact) mass is 715 g/mol. The summed E-state index contributed by atoms with van der Waals surface area (Å²) in [6, 6.07) is 41.5. The third-order valence-corrected chi connectivity index (χ3v) is 11.0. The van der Waals surface area contributed by atoms with Crippen LogP contribution >= 0.6 is 0 Å². The van der Waals surface area contributed by atoms with E-state index in [-0.39, 0.29) is 9.79 Å². The summed E-state index contributed by atoms with van der Waals surface area (Å²) in [6.45, 7) is 5.40. The molecule has 0 aliphatic rings. The number of fused-ring (bicyclic) bond motifs is 1. The highest BCUT2D eigenvalue weighted by Crippen LogP contribution is 2.24. The Bertz CT molecular complexity index is 2410. The number of aryl methyl sites for hydroxylation is 3. The van der Waals surface area contributed by atoms with Gasteiger partial charge in [0.05, 0.1) is 20.4 Å². The van der Waals surface area contributed by atoms with Gasteiger partial charge < -0.3 is 0 Å². The maximum absolute atomic E-state index is 12.3. The predicted molar refractivity (Wildman–Crippen MR) is 196 cm³/mol. The summed E-state index contributed by atoms with van der Waals surface area (Å²) in [4.78, 5) is 0.668. The van der Waals surface area contributed by atoms with Crippen LogP contribution in [0.2, 0.25) is 0 Å². The third-order valence-electron chi connectivity index (χ3n) is 7.42. The fraction of sp³-hybridized carbons (Fsp3) is 0.0811. The molecule has 9 nitrogen and oxygen atoms in total. The van der Waals surface area contributed by atoms with Gasteiger partial charge in [0.2, 0.25) is 20.0 Å². The highest BCUT2D eigenvalue weighted by atomic mass is 32.2. The molecule has 254 valence electrons. The standard InChI is InChI=1S/C14H15NO2S.C13H13NO2S.C10H9NO2S/c1-11-7-3-5-9-13(11)15-18(16,17)14-10-6-4-8-12(14)2;1-10-9-12(11-5-3-2-4-6-11)7-8-13(10)17(14,15)16;11-14(12,13)10-7-3-5-8-4-1-2-6-9(8)10/h3-10,15H,1-2H3;2-9H,1H3,(H2,14,15,16);1-7H,(H2,11,12,13). The molecule has 0 saturated heterocycles. The molecule has 6 aromatic rings. The second-order valence-electron chi connectivity index (χ2n) is 11.1. The summed E-state index contributed by atoms with van der Waals surface area (Å²) in [6.07, 6.45) is 0. The third kappa shape index (κ3) is 9.84. The van der Waals surface area contributed by atoms with Gasteiger partial charge in [0.1, 0.15) is 0 Å². The van der Waals surface area contributed by atoms with Crippen molar-refractivity contribution in [1.29, 1.82) is 0 Å². The first-order chi connectivity index (χ1) is 23.1. The van der Waals surface area contributed by atoms with Crippen molar-refractivity contribution in [3.63, 3.8) is 0 Å². The molecule has 0 fully saturated rings. The van der Waals surface area contributed by atoms with Gasteiger partial charge in [-0.1, -0.05) is 115 Å². The molecule has 0 spiro atoms. The van der Waals surface area contributed by atoms with Crippen LogP contribution in [0, 0.1) is 20.8 Å². The van der Waals surface area contributed by atoms with E-state index in [4.69, 9.17) is 10.3 Å². The minimum absolute atomic E-state index is 0.176. The Morgan fingerprint density at radius 2 is 0.980 bits per heavy atom. The average molecular weight is 716 g/mol. The number of benzene rings is 6. The van der Waals surface area contributed by atoms with Crippen molar-refractivity contribution in [3.8, 4) is 11.1 Å². The van der Waals surface area contributed by atoms with Crippen molar-refractivity contribution < 1.29 is 25.3 Å². The second kappa shape index (κ2) is 15.6. The molecule has 0 aliphatic heterocycles. The topological polar surface area (TPSA) is 166 Å². The van der Waals surface area contributed by atoms with Crippen LogP contribution in [0.5, 0.6) is 0 Å². The largest absolute Gasteiger partial charge is 0.279 e. The van der Waals surface area contributed by atoms with Gasteiger partial charge >= 0.3 is 0 Å². The Kier molecular flexibility index (Phi) is 11.8. The molecule has 0 unspecified atom stereocenters. The molecule has 0 radical (unpaired) electrons. The van der Waals surface area contributed by atoms with Crippen LogP contribution in [0.25, 0.3) is 21.9 Å². The molecule has 0 atom stereocenters. The number of nitrogens with two attached hydrogens (primary N) is 2. The van der Waals surface area contributed by atoms with Crippen LogP contribution in [0.4, 0.5) is 5.69 Å². The summed E-state index contributed by atoms with van der Waals surface area (Å²) in [5.41, 5.74) is 4.94. The lowest BCUT2D eigenvalue weighted by Gasteiger charge is -2.11. The van der Waals surface area contributed by atoms with Crippen molar-refractivity contribution in [2.75, 3.05) is 4.72 Å². The molecule has 5 N–H and O–H groups in total. The normalized spacial score (nSPS) is 11.4. The smallest absolute Gasteiger partial charge is 0.262 e. The molecule has 6 aromatic carbocycles. The molecule has 0 heterocycles. The van der Waals surface area contributed by atoms with Gasteiger partial charge in [-0.15, -0.1) is 0 Å². The van der Waals surface area contributed by atoms with Gasteiger partial charge in [0.25, 0.3) is 10.0 Å². The maximum Gasteiger partial charge on any atom is 0.262 e. The van der Waals surface area contributed by atoms with Crippen LogP contribution in [-0.4, -0.2) is 25.3 Å². The summed E-state index contributed by atoms with van der Waals surface area (Å²) in [5.74, 6) is 0. The second-order valence-corrected chi connectivity index (χ2v) is 15.8. The zero-order chi connectivity index (χ0) is 35.8. The maximum atomic E-state index is 12.3. The van der Waals surface area contributed by atoms with E-state index in [9.17, 15) is 25.3 Å². The first-order valence-corrected chi connectivity index (χ1v) is 19.5. The molecule has 0 bridgehead atoms. The number of para-hydroxylation sites is 1. The minimum atomic E-state index is -3.63. The number of sulfonamides is 3. The molecular formula is C37H37N3O6S3. The number of anilines is 1. The number of hydrogen-bond acceptors (Lipinski definition) is 6. The lowest BCUT2D eigenvalue weighted by molar-refractivity contribution is 0.596. The quantitative estimate of drug-likeness (QED) is 0.170. The number of nitrogens with one attached hydrogen (secondary N) is 1. The summed E-state index contributed by atoms with van der Waals surface area (Å²) in [5, 5.41) is 11.8. The van der Waals surface area contributed by atoms with Gasteiger partial charge in [-0.3, -0.25) is 4.72 Å². The van der Waals surface area contributed by atoms with Crippen molar-refractivity contribution >= 4 is 46.5 Å². The Labute approximate surface area is 288 Å². The molecule has 0 aromatic heterocycles. The highest BCUT2D eigenvalue weighted by molar-refractivity contribution is 7.92. The van der Waals surface area contributed by atoms with E-state index in [1.165, 1.54) is 6.07 Å². The van der Waals surface area contributed by atoms with Crippen LogP contribution in [0.1, 0.15) is 16.7 Å². The fourth-order valence-corrected chi connectivity index (χ4v) is 7.87. The summed E-state index contributed by atoms with van der Waals surface area (Å²) < 4.78 is 72.2. The first-order valence-electron chi connectivity index (χ1n) is 14.9. The van der Waals surface area contributed by atoms with Crippen molar-refractivity contribution in [3.05, 3.63) is 156 Å². The van der Waals surface area contributed by atoms with Crippen molar-refractivity contribution in [1.82, 2.24) is 0 Å². The molecule has 0 saturated carbocycles. The Hall–Kier alpha value is -4.85. The Morgan fingerprint density at radius 3 is 1.59 bits per heavy atom. The molecule has 49 heavy (non-hydrogen) atoms. The predicted octanol–water partition coefficient (Wildman–Crippen LogP) is 6.90. The Balaban J connectivity index is 0.000000167. The minimum Gasteiger partial charge on any atom is -0.279 e. The van der Waals surface area contributed by atoms with E-state index < -0.39 is 30.1 Å². The van der Waals surface area contributed by atoms with Gasteiger partial charge in [-0.2, -0.15) is 0 Å². The van der Waals surface area contributed by atoms with Gasteiger partial charge in [0.15, 0.2) is 0 Å². The van der Waals surface area contributed by atoms with E-state index in [0.717, 1.165) is 27.6 Å². The fourth-order valence-electron chi connectivity index (χ4n) is 4.97. The molecule has 12 heteroatoms. The SMILES string of the molecule is Cc1cc(-c2ccccc2)ccc1S(N)(=O)=O.Cc1ccccc1NS(=O)(=O)c1ccccc1C.NS(=O)(=O)c1cccc2ccccc12. The average Bonchev–Trinajstić information content (AvgIpc) is 3.05. The number of hydrogen-bond donors (Lipinski definition) is 3.